The van der Waals surface area contributed by atoms with Crippen LogP contribution in [-0.2, 0) is 24.2 Å². The monoisotopic (exact) mass is 562 g/mol. The van der Waals surface area contributed by atoms with Gasteiger partial charge in [0.1, 0.15) is 0 Å². The Morgan fingerprint density at radius 2 is 1.97 bits per heavy atom. The van der Waals surface area contributed by atoms with Crippen molar-refractivity contribution in [3.63, 3.8) is 0 Å². The summed E-state index contributed by atoms with van der Waals surface area (Å²) < 4.78 is 42.9. The smallest absolute Gasteiger partial charge is 0.216 e. The zero-order valence-corrected chi connectivity index (χ0v) is 21.7. The molecule has 2 aliphatic heterocycles. The predicted octanol–water partition coefficient (Wildman–Crippen LogP) is 0.995. The van der Waals surface area contributed by atoms with Crippen molar-refractivity contribution in [3.8, 4) is 0 Å². The van der Waals surface area contributed by atoms with Crippen molar-refractivity contribution < 1.29 is 22.6 Å². The Hall–Kier alpha value is -0.210. The van der Waals surface area contributed by atoms with Gasteiger partial charge >= 0.3 is 0 Å². The number of ether oxygens (including phenoxy) is 3. The molecule has 0 aromatic rings. The minimum atomic E-state index is -3.27. The summed E-state index contributed by atoms with van der Waals surface area (Å²) in [4.78, 5) is 6.44. The third-order valence-electron chi connectivity index (χ3n) is 5.06. The van der Waals surface area contributed by atoms with Gasteiger partial charge in [0.2, 0.25) is 10.0 Å². The van der Waals surface area contributed by atoms with Crippen molar-refractivity contribution >= 4 is 40.0 Å². The molecule has 30 heavy (non-hydrogen) atoms. The Bertz CT molecular complexity index is 592. The maximum absolute atomic E-state index is 12.4. The highest BCUT2D eigenvalue weighted by Gasteiger charge is 2.27. The van der Waals surface area contributed by atoms with Crippen LogP contribution in [0, 0.1) is 5.92 Å². The molecule has 9 nitrogen and oxygen atoms in total. The second-order valence-electron chi connectivity index (χ2n) is 7.75. The molecule has 1 unspecified atom stereocenters. The van der Waals surface area contributed by atoms with E-state index in [1.807, 2.05) is 13.8 Å². The summed E-state index contributed by atoms with van der Waals surface area (Å²) in [5.74, 6) is 1.39. The van der Waals surface area contributed by atoms with E-state index in [-0.39, 0.29) is 42.4 Å². The summed E-state index contributed by atoms with van der Waals surface area (Å²) in [6.45, 7) is 10.2. The molecule has 0 amide bonds. The summed E-state index contributed by atoms with van der Waals surface area (Å²) in [6.07, 6.45) is 2.03. The minimum Gasteiger partial charge on any atom is -0.381 e. The van der Waals surface area contributed by atoms with Crippen molar-refractivity contribution in [3.05, 3.63) is 0 Å². The summed E-state index contributed by atoms with van der Waals surface area (Å²) in [6, 6.07) is 0. The van der Waals surface area contributed by atoms with Crippen LogP contribution >= 0.6 is 24.0 Å². The van der Waals surface area contributed by atoms with Crippen LogP contribution in [0.25, 0.3) is 0 Å². The molecule has 0 saturated carbocycles. The molecule has 2 saturated heterocycles. The molecule has 0 aromatic heterocycles. The fourth-order valence-electron chi connectivity index (χ4n) is 3.37. The van der Waals surface area contributed by atoms with Crippen molar-refractivity contribution in [2.75, 3.05) is 78.6 Å². The highest BCUT2D eigenvalue weighted by atomic mass is 127. The van der Waals surface area contributed by atoms with Gasteiger partial charge in [0.25, 0.3) is 0 Å². The Balaban J connectivity index is 0.00000450. The molecule has 2 rings (SSSR count). The van der Waals surface area contributed by atoms with E-state index >= 15 is 0 Å². The van der Waals surface area contributed by atoms with E-state index in [0.717, 1.165) is 45.2 Å². The van der Waals surface area contributed by atoms with Gasteiger partial charge in [0.15, 0.2) is 5.96 Å². The number of hydrogen-bond acceptors (Lipinski definition) is 6. The number of guanidine groups is 1. The Kier molecular flexibility index (Phi) is 13.7. The molecule has 2 aliphatic rings. The molecule has 0 radical (unpaired) electrons. The lowest BCUT2D eigenvalue weighted by Crippen LogP contribution is -2.54. The molecule has 178 valence electrons. The third-order valence-corrected chi connectivity index (χ3v) is 6.90. The van der Waals surface area contributed by atoms with Gasteiger partial charge < -0.3 is 24.4 Å². The van der Waals surface area contributed by atoms with E-state index < -0.39 is 10.0 Å². The quantitative estimate of drug-likeness (QED) is 0.174. The number of nitrogens with one attached hydrogen (secondary N) is 1. The van der Waals surface area contributed by atoms with Crippen LogP contribution in [-0.4, -0.2) is 108 Å². The van der Waals surface area contributed by atoms with Gasteiger partial charge in [-0.05, 0) is 26.7 Å². The minimum absolute atomic E-state index is 0. The number of halogens is 1. The van der Waals surface area contributed by atoms with Crippen molar-refractivity contribution in [2.24, 2.45) is 10.9 Å². The summed E-state index contributed by atoms with van der Waals surface area (Å²) in [7, 11) is -1.52. The van der Waals surface area contributed by atoms with Crippen molar-refractivity contribution in [1.82, 2.24) is 14.5 Å². The SMILES string of the molecule is CN=C(NCCCOCC1CCOC1)N1CCN(S(=O)(=O)CCOC(C)C)CC1.I. The van der Waals surface area contributed by atoms with Crippen LogP contribution in [0.3, 0.4) is 0 Å². The number of nitrogens with zero attached hydrogens (tertiary/aromatic N) is 3. The van der Waals surface area contributed by atoms with Crippen LogP contribution < -0.4 is 5.32 Å². The van der Waals surface area contributed by atoms with E-state index in [1.165, 1.54) is 0 Å². The lowest BCUT2D eigenvalue weighted by atomic mass is 10.1. The standard InChI is InChI=1S/C19H38N4O5S.HI/c1-17(2)28-13-14-29(24,25)23-9-7-22(8-10-23)19(20-3)21-6-4-11-26-15-18-5-12-27-16-18;/h17-18H,4-16H2,1-3H3,(H,20,21);1H. The molecule has 2 fully saturated rings. The first-order valence-corrected chi connectivity index (χ1v) is 12.2. The Morgan fingerprint density at radius 3 is 2.57 bits per heavy atom. The molecule has 2 heterocycles. The van der Waals surface area contributed by atoms with E-state index in [4.69, 9.17) is 14.2 Å². The maximum atomic E-state index is 12.4. The number of aliphatic imine (C=N–C) groups is 1. The molecular formula is C19H39IN4O5S. The van der Waals surface area contributed by atoms with Crippen molar-refractivity contribution in [2.45, 2.75) is 32.8 Å². The number of sulfonamides is 1. The zero-order chi connectivity index (χ0) is 21.1. The number of rotatable bonds is 11. The third kappa shape index (κ3) is 9.94. The first-order valence-electron chi connectivity index (χ1n) is 10.6. The van der Waals surface area contributed by atoms with E-state index in [2.05, 4.69) is 15.2 Å². The van der Waals surface area contributed by atoms with Gasteiger partial charge in [-0.1, -0.05) is 0 Å². The average molecular weight is 563 g/mol. The Labute approximate surface area is 199 Å². The first kappa shape index (κ1) is 27.8. The van der Waals surface area contributed by atoms with E-state index in [9.17, 15) is 8.42 Å². The molecule has 1 N–H and O–H groups in total. The topological polar surface area (TPSA) is 92.7 Å². The molecule has 0 bridgehead atoms. The van der Waals surface area contributed by atoms with E-state index in [1.54, 1.807) is 11.4 Å². The molecule has 0 aromatic carbocycles. The lowest BCUT2D eigenvalue weighted by Gasteiger charge is -2.35. The number of hydrogen-bond donors (Lipinski definition) is 1. The van der Waals surface area contributed by atoms with Crippen LogP contribution in [0.2, 0.25) is 0 Å². The fourth-order valence-corrected chi connectivity index (χ4v) is 4.65. The van der Waals surface area contributed by atoms with Crippen LogP contribution in [0.5, 0.6) is 0 Å². The molecular weight excluding hydrogens is 523 g/mol. The lowest BCUT2D eigenvalue weighted by molar-refractivity contribution is 0.0886. The molecule has 0 aliphatic carbocycles. The fraction of sp³-hybridized carbons (Fsp3) is 0.947. The van der Waals surface area contributed by atoms with Gasteiger partial charge in [-0.25, -0.2) is 8.42 Å². The van der Waals surface area contributed by atoms with Crippen LogP contribution in [0.15, 0.2) is 4.99 Å². The highest BCUT2D eigenvalue weighted by molar-refractivity contribution is 14.0. The van der Waals surface area contributed by atoms with Gasteiger partial charge in [-0.3, -0.25) is 4.99 Å². The summed E-state index contributed by atoms with van der Waals surface area (Å²) in [5.41, 5.74) is 0. The van der Waals surface area contributed by atoms with Crippen LogP contribution in [0.1, 0.15) is 26.7 Å². The highest BCUT2D eigenvalue weighted by Crippen LogP contribution is 2.12. The maximum Gasteiger partial charge on any atom is 0.216 e. The second-order valence-corrected chi connectivity index (χ2v) is 9.84. The molecule has 1 atom stereocenters. The van der Waals surface area contributed by atoms with E-state index in [0.29, 0.717) is 38.7 Å². The van der Waals surface area contributed by atoms with Gasteiger partial charge in [-0.2, -0.15) is 4.31 Å². The van der Waals surface area contributed by atoms with Gasteiger partial charge in [0.05, 0.1) is 31.7 Å². The predicted molar refractivity (Wildman–Crippen MR) is 129 cm³/mol. The second kappa shape index (κ2) is 14.8. The zero-order valence-electron chi connectivity index (χ0n) is 18.5. The molecule has 11 heteroatoms. The van der Waals surface area contributed by atoms with Gasteiger partial charge in [0, 0.05) is 58.9 Å². The first-order chi connectivity index (χ1) is 13.9. The number of piperazine rings is 1. The molecule has 0 spiro atoms. The summed E-state index contributed by atoms with van der Waals surface area (Å²) in [5, 5.41) is 3.35. The normalized spacial score (nSPS) is 21.1. The van der Waals surface area contributed by atoms with Crippen molar-refractivity contribution in [1.29, 1.82) is 0 Å². The van der Waals surface area contributed by atoms with Gasteiger partial charge in [-0.15, -0.1) is 24.0 Å². The Morgan fingerprint density at radius 1 is 1.23 bits per heavy atom. The average Bonchev–Trinajstić information content (AvgIpc) is 3.21. The summed E-state index contributed by atoms with van der Waals surface area (Å²) >= 11 is 0. The largest absolute Gasteiger partial charge is 0.381 e. The van der Waals surface area contributed by atoms with Crippen LogP contribution in [0.4, 0.5) is 0 Å².